The van der Waals surface area contributed by atoms with E-state index in [9.17, 15) is 14.4 Å². The van der Waals surface area contributed by atoms with E-state index in [-0.39, 0.29) is 37.5 Å². The quantitative estimate of drug-likeness (QED) is 0.0262. The van der Waals surface area contributed by atoms with Crippen LogP contribution in [0, 0.1) is 0 Å². The van der Waals surface area contributed by atoms with Crippen LogP contribution in [0.5, 0.6) is 0 Å². The van der Waals surface area contributed by atoms with Gasteiger partial charge in [-0.25, -0.2) is 0 Å². The predicted molar refractivity (Wildman–Crippen MR) is 302 cm³/mol. The Bertz CT molecular complexity index is 1530. The van der Waals surface area contributed by atoms with Crippen molar-refractivity contribution in [2.24, 2.45) is 0 Å². The van der Waals surface area contributed by atoms with Gasteiger partial charge in [-0.3, -0.25) is 14.4 Å². The van der Waals surface area contributed by atoms with Crippen molar-refractivity contribution in [1.82, 2.24) is 0 Å². The van der Waals surface area contributed by atoms with Crippen molar-refractivity contribution in [3.8, 4) is 0 Å². The number of carbonyl (C=O) groups is 3. The van der Waals surface area contributed by atoms with Crippen LogP contribution < -0.4 is 0 Å². The number of esters is 3. The highest BCUT2D eigenvalue weighted by Crippen LogP contribution is 2.13. The molecule has 1 atom stereocenters. The van der Waals surface area contributed by atoms with E-state index >= 15 is 0 Å². The summed E-state index contributed by atoms with van der Waals surface area (Å²) in [5.41, 5.74) is 0. The van der Waals surface area contributed by atoms with Crippen LogP contribution in [-0.4, -0.2) is 37.2 Å². The molecule has 1 unspecified atom stereocenters. The summed E-state index contributed by atoms with van der Waals surface area (Å²) in [7, 11) is 0. The van der Waals surface area contributed by atoms with Crippen LogP contribution in [0.25, 0.3) is 0 Å². The molecule has 0 aliphatic carbocycles. The highest BCUT2D eigenvalue weighted by atomic mass is 16.6. The van der Waals surface area contributed by atoms with Gasteiger partial charge in [0.15, 0.2) is 6.10 Å². The summed E-state index contributed by atoms with van der Waals surface area (Å²) in [6.07, 6.45) is 80.2. The van der Waals surface area contributed by atoms with E-state index in [2.05, 4.69) is 154 Å². The molecule has 394 valence electrons. The van der Waals surface area contributed by atoms with E-state index < -0.39 is 6.10 Å². The van der Waals surface area contributed by atoms with Crippen LogP contribution in [0.4, 0.5) is 0 Å². The molecular weight excluding hydrogens is 865 g/mol. The van der Waals surface area contributed by atoms with E-state index in [0.29, 0.717) is 12.8 Å². The number of unbranched alkanes of at least 4 members (excludes halogenated alkanes) is 16. The van der Waals surface area contributed by atoms with Crippen LogP contribution in [0.15, 0.2) is 134 Å². The first-order valence-corrected chi connectivity index (χ1v) is 28.2. The molecule has 0 N–H and O–H groups in total. The second kappa shape index (κ2) is 57.1. The van der Waals surface area contributed by atoms with Gasteiger partial charge in [0.2, 0.25) is 0 Å². The molecular formula is C64H102O6. The van der Waals surface area contributed by atoms with E-state index in [1.54, 1.807) is 0 Å². The van der Waals surface area contributed by atoms with Crippen molar-refractivity contribution < 1.29 is 28.6 Å². The van der Waals surface area contributed by atoms with Gasteiger partial charge in [0.1, 0.15) is 13.2 Å². The SMILES string of the molecule is CC/C=C\C/C=C\C/C=C\C/C=C\C/C=C\C/C=C\CCCCCCCCC(=O)OCC(COC(=O)CCCCCCCCCC)OC(=O)CCCCC/C=C\C/C=C\C/C=C\C/C=C\C/C=C\CC. The molecule has 0 spiro atoms. The van der Waals surface area contributed by atoms with Gasteiger partial charge in [-0.15, -0.1) is 0 Å². The van der Waals surface area contributed by atoms with Crippen molar-refractivity contribution >= 4 is 17.9 Å². The fraction of sp³-hybridized carbons (Fsp3) is 0.609. The molecule has 6 heteroatoms. The van der Waals surface area contributed by atoms with Gasteiger partial charge in [0, 0.05) is 19.3 Å². The van der Waals surface area contributed by atoms with Crippen LogP contribution in [-0.2, 0) is 28.6 Å². The molecule has 0 aliphatic heterocycles. The molecule has 0 saturated heterocycles. The fourth-order valence-electron chi connectivity index (χ4n) is 7.24. The Morgan fingerprint density at radius 3 is 0.886 bits per heavy atom. The summed E-state index contributed by atoms with van der Waals surface area (Å²) in [6, 6.07) is 0. The van der Waals surface area contributed by atoms with Crippen LogP contribution in [0.2, 0.25) is 0 Å². The molecule has 0 radical (unpaired) electrons. The number of allylic oxidation sites excluding steroid dienone is 22. The summed E-state index contributed by atoms with van der Waals surface area (Å²) in [6.45, 7) is 6.33. The summed E-state index contributed by atoms with van der Waals surface area (Å²) < 4.78 is 16.8. The minimum atomic E-state index is -0.804. The molecule has 0 amide bonds. The average molecular weight is 968 g/mol. The second-order valence-corrected chi connectivity index (χ2v) is 18.1. The maximum absolute atomic E-state index is 12.8. The molecule has 0 rings (SSSR count). The molecule has 0 aromatic heterocycles. The molecule has 6 nitrogen and oxygen atoms in total. The van der Waals surface area contributed by atoms with Gasteiger partial charge in [-0.1, -0.05) is 231 Å². The average Bonchev–Trinajstić information content (AvgIpc) is 3.36. The Labute approximate surface area is 430 Å². The molecule has 0 aromatic rings. The number of ether oxygens (including phenoxy) is 3. The topological polar surface area (TPSA) is 78.9 Å². The van der Waals surface area contributed by atoms with Crippen molar-refractivity contribution in [3.63, 3.8) is 0 Å². The zero-order valence-corrected chi connectivity index (χ0v) is 45.0. The lowest BCUT2D eigenvalue weighted by molar-refractivity contribution is -0.167. The Balaban J connectivity index is 4.36. The van der Waals surface area contributed by atoms with Crippen molar-refractivity contribution in [3.05, 3.63) is 134 Å². The van der Waals surface area contributed by atoms with Gasteiger partial charge < -0.3 is 14.2 Å². The molecule has 0 saturated carbocycles. The zero-order valence-electron chi connectivity index (χ0n) is 45.0. The van der Waals surface area contributed by atoms with Crippen LogP contribution in [0.3, 0.4) is 0 Å². The number of rotatable bonds is 49. The van der Waals surface area contributed by atoms with Gasteiger partial charge >= 0.3 is 17.9 Å². The lowest BCUT2D eigenvalue weighted by Gasteiger charge is -2.18. The summed E-state index contributed by atoms with van der Waals surface area (Å²) in [4.78, 5) is 38.0. The normalized spacial score (nSPS) is 13.1. The van der Waals surface area contributed by atoms with E-state index in [1.807, 2.05) is 0 Å². The maximum atomic E-state index is 12.8. The summed E-state index contributed by atoms with van der Waals surface area (Å²) >= 11 is 0. The first-order chi connectivity index (χ1) is 34.5. The number of hydrogen-bond acceptors (Lipinski definition) is 6. The summed E-state index contributed by atoms with van der Waals surface area (Å²) in [5, 5.41) is 0. The zero-order chi connectivity index (χ0) is 50.7. The Kier molecular flexibility index (Phi) is 53.5. The van der Waals surface area contributed by atoms with Gasteiger partial charge in [0.25, 0.3) is 0 Å². The largest absolute Gasteiger partial charge is 0.462 e. The highest BCUT2D eigenvalue weighted by Gasteiger charge is 2.19. The first kappa shape index (κ1) is 65.5. The highest BCUT2D eigenvalue weighted by molar-refractivity contribution is 5.71. The van der Waals surface area contributed by atoms with Gasteiger partial charge in [-0.05, 0) is 116 Å². The molecule has 0 fully saturated rings. The van der Waals surface area contributed by atoms with Gasteiger partial charge in [0.05, 0.1) is 0 Å². The van der Waals surface area contributed by atoms with Crippen LogP contribution >= 0.6 is 0 Å². The Morgan fingerprint density at radius 1 is 0.300 bits per heavy atom. The summed E-state index contributed by atoms with van der Waals surface area (Å²) in [5.74, 6) is -0.958. The third kappa shape index (κ3) is 54.5. The second-order valence-electron chi connectivity index (χ2n) is 18.1. The van der Waals surface area contributed by atoms with Crippen molar-refractivity contribution in [2.75, 3.05) is 13.2 Å². The van der Waals surface area contributed by atoms with Gasteiger partial charge in [-0.2, -0.15) is 0 Å². The van der Waals surface area contributed by atoms with Crippen molar-refractivity contribution in [1.29, 1.82) is 0 Å². The lowest BCUT2D eigenvalue weighted by Crippen LogP contribution is -2.30. The third-order valence-electron chi connectivity index (χ3n) is 11.4. The van der Waals surface area contributed by atoms with E-state index in [1.165, 1.54) is 44.9 Å². The van der Waals surface area contributed by atoms with E-state index in [4.69, 9.17) is 14.2 Å². The fourth-order valence-corrected chi connectivity index (χ4v) is 7.24. The minimum absolute atomic E-state index is 0.0997. The Morgan fingerprint density at radius 2 is 0.557 bits per heavy atom. The molecule has 70 heavy (non-hydrogen) atoms. The maximum Gasteiger partial charge on any atom is 0.306 e. The Hall–Kier alpha value is -4.45. The minimum Gasteiger partial charge on any atom is -0.462 e. The standard InChI is InChI=1S/C64H102O6/c1-4-7-10-13-16-19-21-23-25-27-29-30-31-32-33-34-36-37-39-41-43-45-48-51-54-57-63(66)69-60-61(59-68-62(65)56-53-50-47-18-15-12-9-6-3)70-64(67)58-55-52-49-46-44-42-40-38-35-28-26-24-22-20-17-14-11-8-5-2/h7-8,10-11,16-17,19-20,23-26,29-30,32-33,35-38,42,44,61H,4-6,9,12-15,18,21-22,27-28,31,34,39-41,43,45-60H2,1-3H3/b10-7-,11-8-,19-16-,20-17-,25-23-,26-24-,30-29-,33-32-,37-36-,38-35-,44-42-. The molecule has 0 aliphatic rings. The molecule has 0 aromatic carbocycles. The number of hydrogen-bond donors (Lipinski definition) is 0. The smallest absolute Gasteiger partial charge is 0.306 e. The third-order valence-corrected chi connectivity index (χ3v) is 11.4. The lowest BCUT2D eigenvalue weighted by atomic mass is 10.1. The first-order valence-electron chi connectivity index (χ1n) is 28.2. The molecule has 0 bridgehead atoms. The van der Waals surface area contributed by atoms with E-state index in [0.717, 1.165) is 148 Å². The van der Waals surface area contributed by atoms with Crippen molar-refractivity contribution in [2.45, 2.75) is 239 Å². The monoisotopic (exact) mass is 967 g/mol. The van der Waals surface area contributed by atoms with Crippen LogP contribution in [0.1, 0.15) is 233 Å². The molecule has 0 heterocycles. The number of carbonyl (C=O) groups excluding carboxylic acids is 3. The predicted octanol–water partition coefficient (Wildman–Crippen LogP) is 19.0.